The number of rotatable bonds is 4. The van der Waals surface area contributed by atoms with Gasteiger partial charge in [0.1, 0.15) is 5.76 Å². The first-order chi connectivity index (χ1) is 13.1. The highest BCUT2D eigenvalue weighted by atomic mass is 32.2. The molecule has 3 rings (SSSR count). The average molecular weight is 406 g/mol. The summed E-state index contributed by atoms with van der Waals surface area (Å²) in [4.78, 5) is 18.4. The van der Waals surface area contributed by atoms with Crippen LogP contribution in [-0.2, 0) is 10.0 Å². The van der Waals surface area contributed by atoms with E-state index in [0.29, 0.717) is 48.2 Å². The van der Waals surface area contributed by atoms with Crippen molar-refractivity contribution in [1.29, 1.82) is 0 Å². The third kappa shape index (κ3) is 3.98. The summed E-state index contributed by atoms with van der Waals surface area (Å²) in [6.45, 7) is 6.33. The fourth-order valence-corrected chi connectivity index (χ4v) is 5.24. The van der Waals surface area contributed by atoms with Crippen molar-refractivity contribution in [3.05, 3.63) is 46.7 Å². The third-order valence-electron chi connectivity index (χ3n) is 5.06. The Morgan fingerprint density at radius 2 is 1.68 bits per heavy atom. The molecular formula is C20H27N3O4S. The normalized spacial score (nSPS) is 16.3. The van der Waals surface area contributed by atoms with E-state index in [0.717, 1.165) is 11.1 Å². The van der Waals surface area contributed by atoms with Crippen molar-refractivity contribution >= 4 is 15.9 Å². The van der Waals surface area contributed by atoms with Crippen LogP contribution in [0.3, 0.4) is 0 Å². The minimum absolute atomic E-state index is 0.00751. The van der Waals surface area contributed by atoms with Crippen molar-refractivity contribution in [2.45, 2.75) is 44.4 Å². The van der Waals surface area contributed by atoms with Crippen LogP contribution in [0.4, 0.5) is 0 Å². The number of piperidine rings is 1. The van der Waals surface area contributed by atoms with Crippen LogP contribution in [0.1, 0.15) is 52.0 Å². The van der Waals surface area contributed by atoms with E-state index in [9.17, 15) is 13.2 Å². The Balaban J connectivity index is 1.74. The van der Waals surface area contributed by atoms with Gasteiger partial charge in [-0.05, 0) is 56.9 Å². The maximum atomic E-state index is 13.0. The van der Waals surface area contributed by atoms with Crippen molar-refractivity contribution in [3.63, 3.8) is 0 Å². The molecule has 0 atom stereocenters. The predicted octanol–water partition coefficient (Wildman–Crippen LogP) is 2.87. The first-order valence-electron chi connectivity index (χ1n) is 9.37. The zero-order chi connectivity index (χ0) is 20.6. The van der Waals surface area contributed by atoms with Gasteiger partial charge in [0, 0.05) is 33.1 Å². The Labute approximate surface area is 166 Å². The summed E-state index contributed by atoms with van der Waals surface area (Å²) in [5.74, 6) is 0.834. The lowest BCUT2D eigenvalue weighted by atomic mass is 9.98. The maximum absolute atomic E-state index is 13.0. The Bertz CT molecular complexity index is 967. The number of nitrogens with zero attached hydrogens (tertiary/aromatic N) is 3. The van der Waals surface area contributed by atoms with Gasteiger partial charge in [0.05, 0.1) is 4.90 Å². The molecule has 2 aromatic rings. The number of hydrogen-bond acceptors (Lipinski definition) is 5. The quantitative estimate of drug-likeness (QED) is 0.781. The first-order valence-corrected chi connectivity index (χ1v) is 10.8. The molecular weight excluding hydrogens is 378 g/mol. The molecule has 28 heavy (non-hydrogen) atoms. The lowest BCUT2D eigenvalue weighted by Gasteiger charge is -2.30. The molecule has 1 aromatic carbocycles. The van der Waals surface area contributed by atoms with Gasteiger partial charge in [0.15, 0.2) is 11.6 Å². The van der Waals surface area contributed by atoms with E-state index in [-0.39, 0.29) is 11.8 Å². The molecule has 0 bridgehead atoms. The van der Waals surface area contributed by atoms with Gasteiger partial charge in [-0.1, -0.05) is 6.07 Å². The summed E-state index contributed by atoms with van der Waals surface area (Å²) >= 11 is 0. The smallest absolute Gasteiger partial charge is 0.275 e. The molecule has 0 saturated carbocycles. The molecule has 0 radical (unpaired) electrons. The monoisotopic (exact) mass is 405 g/mol. The standard InChI is InChI=1S/C20H27N3O4S/c1-13-10-14(2)12-17(11-13)28(25,26)23-8-6-16(7-9-23)19-21-18(15(3)27-19)20(24)22(4)5/h10-12,16H,6-9H2,1-5H3. The summed E-state index contributed by atoms with van der Waals surface area (Å²) < 4.78 is 33.3. The Kier molecular flexibility index (Phi) is 5.63. The van der Waals surface area contributed by atoms with Gasteiger partial charge in [0.25, 0.3) is 5.91 Å². The largest absolute Gasteiger partial charge is 0.445 e. The molecule has 0 unspecified atom stereocenters. The number of hydrogen-bond donors (Lipinski definition) is 0. The SMILES string of the molecule is Cc1cc(C)cc(S(=O)(=O)N2CCC(c3nc(C(=O)N(C)C)c(C)o3)CC2)c1. The number of benzene rings is 1. The summed E-state index contributed by atoms with van der Waals surface area (Å²) in [6.07, 6.45) is 1.22. The predicted molar refractivity (Wildman–Crippen MR) is 106 cm³/mol. The Morgan fingerprint density at radius 3 is 2.21 bits per heavy atom. The van der Waals surface area contributed by atoms with Gasteiger partial charge >= 0.3 is 0 Å². The van der Waals surface area contributed by atoms with E-state index in [1.807, 2.05) is 19.9 Å². The Morgan fingerprint density at radius 1 is 1.11 bits per heavy atom. The van der Waals surface area contributed by atoms with E-state index in [4.69, 9.17) is 4.42 Å². The third-order valence-corrected chi connectivity index (χ3v) is 6.93. The Hall–Kier alpha value is -2.19. The van der Waals surface area contributed by atoms with Crippen LogP contribution >= 0.6 is 0 Å². The van der Waals surface area contributed by atoms with Crippen LogP contribution in [-0.4, -0.2) is 55.7 Å². The molecule has 1 fully saturated rings. The summed E-state index contributed by atoms with van der Waals surface area (Å²) in [7, 11) is -0.173. The number of carbonyl (C=O) groups excluding carboxylic acids is 1. The van der Waals surface area contributed by atoms with Gasteiger partial charge in [0.2, 0.25) is 10.0 Å². The molecule has 7 nitrogen and oxygen atoms in total. The van der Waals surface area contributed by atoms with E-state index in [2.05, 4.69) is 4.98 Å². The van der Waals surface area contributed by atoms with E-state index in [1.54, 1.807) is 33.2 Å². The molecule has 8 heteroatoms. The molecule has 0 N–H and O–H groups in total. The van der Waals surface area contributed by atoms with Crippen molar-refractivity contribution in [1.82, 2.24) is 14.2 Å². The lowest BCUT2D eigenvalue weighted by molar-refractivity contribution is 0.0821. The number of amides is 1. The van der Waals surface area contributed by atoms with Gasteiger partial charge in [-0.2, -0.15) is 4.31 Å². The highest BCUT2D eigenvalue weighted by Crippen LogP contribution is 2.31. The molecule has 1 aliphatic heterocycles. The lowest BCUT2D eigenvalue weighted by Crippen LogP contribution is -2.38. The molecule has 0 aliphatic carbocycles. The van der Waals surface area contributed by atoms with Crippen molar-refractivity contribution in [2.75, 3.05) is 27.2 Å². The van der Waals surface area contributed by atoms with Crippen molar-refractivity contribution in [3.8, 4) is 0 Å². The van der Waals surface area contributed by atoms with Crippen LogP contribution in [0.5, 0.6) is 0 Å². The van der Waals surface area contributed by atoms with E-state index < -0.39 is 10.0 Å². The highest BCUT2D eigenvalue weighted by Gasteiger charge is 2.33. The second kappa shape index (κ2) is 7.67. The number of carbonyl (C=O) groups is 1. The van der Waals surface area contributed by atoms with Gasteiger partial charge < -0.3 is 9.32 Å². The fraction of sp³-hybridized carbons (Fsp3) is 0.500. The summed E-state index contributed by atoms with van der Waals surface area (Å²) in [5, 5.41) is 0. The second-order valence-electron chi connectivity index (χ2n) is 7.66. The van der Waals surface area contributed by atoms with Crippen molar-refractivity contribution in [2.24, 2.45) is 0 Å². The van der Waals surface area contributed by atoms with E-state index >= 15 is 0 Å². The average Bonchev–Trinajstić information content (AvgIpc) is 3.02. The summed E-state index contributed by atoms with van der Waals surface area (Å²) in [6, 6.07) is 5.39. The zero-order valence-electron chi connectivity index (χ0n) is 17.0. The maximum Gasteiger partial charge on any atom is 0.275 e. The van der Waals surface area contributed by atoms with Crippen molar-refractivity contribution < 1.29 is 17.6 Å². The zero-order valence-corrected chi connectivity index (χ0v) is 17.8. The van der Waals surface area contributed by atoms with Crippen LogP contribution in [0.25, 0.3) is 0 Å². The molecule has 152 valence electrons. The minimum Gasteiger partial charge on any atom is -0.445 e. The van der Waals surface area contributed by atoms with Crippen LogP contribution in [0.15, 0.2) is 27.5 Å². The second-order valence-corrected chi connectivity index (χ2v) is 9.60. The topological polar surface area (TPSA) is 83.7 Å². The minimum atomic E-state index is -3.52. The molecule has 1 amide bonds. The molecule has 0 spiro atoms. The number of sulfonamides is 1. The molecule has 2 heterocycles. The van der Waals surface area contributed by atoms with Crippen LogP contribution in [0, 0.1) is 20.8 Å². The van der Waals surface area contributed by atoms with Gasteiger partial charge in [-0.25, -0.2) is 13.4 Å². The van der Waals surface area contributed by atoms with Crippen LogP contribution in [0.2, 0.25) is 0 Å². The number of aromatic nitrogens is 1. The molecule has 1 aromatic heterocycles. The van der Waals surface area contributed by atoms with Gasteiger partial charge in [-0.15, -0.1) is 0 Å². The fourth-order valence-electron chi connectivity index (χ4n) is 3.58. The molecule has 1 saturated heterocycles. The molecule has 1 aliphatic rings. The van der Waals surface area contributed by atoms with Crippen LogP contribution < -0.4 is 0 Å². The highest BCUT2D eigenvalue weighted by molar-refractivity contribution is 7.89. The summed E-state index contributed by atoms with van der Waals surface area (Å²) in [5.41, 5.74) is 2.19. The van der Waals surface area contributed by atoms with E-state index in [1.165, 1.54) is 9.21 Å². The number of oxazole rings is 1. The number of aryl methyl sites for hydroxylation is 3. The van der Waals surface area contributed by atoms with Gasteiger partial charge in [-0.3, -0.25) is 4.79 Å². The first kappa shape index (κ1) is 20.5.